The average Bonchev–Trinajstić information content (AvgIpc) is 2.24. The van der Waals surface area contributed by atoms with Crippen molar-refractivity contribution in [3.05, 3.63) is 6.07 Å². The van der Waals surface area contributed by atoms with Crippen LogP contribution in [0, 0.1) is 0 Å². The van der Waals surface area contributed by atoms with E-state index in [1.54, 1.807) is 20.2 Å². The number of anilines is 3. The molecule has 0 aromatic carbocycles. The van der Waals surface area contributed by atoms with Gasteiger partial charge in [-0.25, -0.2) is 5.84 Å². The van der Waals surface area contributed by atoms with Gasteiger partial charge in [-0.1, -0.05) is 0 Å². The van der Waals surface area contributed by atoms with Gasteiger partial charge in [-0.3, -0.25) is 4.79 Å². The van der Waals surface area contributed by atoms with Gasteiger partial charge in [0.15, 0.2) is 0 Å². The highest BCUT2D eigenvalue weighted by molar-refractivity contribution is 5.80. The summed E-state index contributed by atoms with van der Waals surface area (Å²) in [6.07, 6.45) is 0. The monoisotopic (exact) mass is 225 g/mol. The molecular weight excluding hydrogens is 210 g/mol. The third-order valence-electron chi connectivity index (χ3n) is 1.81. The molecule has 6 N–H and O–H groups in total. The minimum atomic E-state index is -0.0700. The molecule has 1 aromatic heterocycles. The van der Waals surface area contributed by atoms with Gasteiger partial charge in [0.1, 0.15) is 11.6 Å². The highest BCUT2D eigenvalue weighted by Crippen LogP contribution is 2.10. The Bertz CT molecular complexity index is 379. The van der Waals surface area contributed by atoms with Crippen molar-refractivity contribution in [2.24, 2.45) is 5.84 Å². The smallest absolute Gasteiger partial charge is 0.241 e. The Kier molecular flexibility index (Phi) is 3.84. The molecule has 0 aliphatic carbocycles. The van der Waals surface area contributed by atoms with Crippen LogP contribution in [0.15, 0.2) is 6.07 Å². The van der Waals surface area contributed by atoms with E-state index in [0.29, 0.717) is 11.6 Å². The molecule has 1 rings (SSSR count). The predicted octanol–water partition coefficient (Wildman–Crippen LogP) is -1.16. The summed E-state index contributed by atoms with van der Waals surface area (Å²) >= 11 is 0. The van der Waals surface area contributed by atoms with Crippen molar-refractivity contribution in [2.45, 2.75) is 0 Å². The molecule has 0 aliphatic rings. The van der Waals surface area contributed by atoms with Gasteiger partial charge in [0.05, 0.1) is 6.54 Å². The quantitative estimate of drug-likeness (QED) is 0.376. The molecule has 1 aromatic rings. The number of nitrogen functional groups attached to an aromatic ring is 2. The lowest BCUT2D eigenvalue weighted by atomic mass is 10.5. The number of hydrogen-bond acceptors (Lipinski definition) is 7. The Balaban J connectivity index is 2.67. The minimum absolute atomic E-state index is 0.0700. The van der Waals surface area contributed by atoms with Crippen LogP contribution >= 0.6 is 0 Å². The Labute approximate surface area is 93.0 Å². The van der Waals surface area contributed by atoms with Crippen LogP contribution in [0.25, 0.3) is 0 Å². The number of hydrogen-bond donors (Lipinski definition) is 4. The summed E-state index contributed by atoms with van der Waals surface area (Å²) in [5, 5.41) is 2.82. The van der Waals surface area contributed by atoms with Gasteiger partial charge < -0.3 is 21.4 Å². The second kappa shape index (κ2) is 5.12. The molecule has 0 radical (unpaired) electrons. The summed E-state index contributed by atoms with van der Waals surface area (Å²) in [5.41, 5.74) is 7.80. The molecule has 1 heterocycles. The largest absolute Gasteiger partial charge is 0.368 e. The van der Waals surface area contributed by atoms with E-state index in [1.807, 2.05) is 0 Å². The summed E-state index contributed by atoms with van der Waals surface area (Å²) in [5.74, 6) is 6.02. The first-order chi connectivity index (χ1) is 7.52. The van der Waals surface area contributed by atoms with Crippen LogP contribution in [0.4, 0.5) is 17.6 Å². The van der Waals surface area contributed by atoms with Crippen molar-refractivity contribution in [1.82, 2.24) is 14.9 Å². The molecule has 16 heavy (non-hydrogen) atoms. The molecule has 0 saturated carbocycles. The number of rotatable bonds is 4. The number of carbonyl (C=O) groups excluding carboxylic acids is 1. The van der Waals surface area contributed by atoms with Gasteiger partial charge in [-0.15, -0.1) is 0 Å². The molecule has 1 amide bonds. The number of carbonyl (C=O) groups is 1. The van der Waals surface area contributed by atoms with Gasteiger partial charge >= 0.3 is 0 Å². The zero-order valence-corrected chi connectivity index (χ0v) is 9.19. The maximum absolute atomic E-state index is 11.3. The maximum atomic E-state index is 11.3. The van der Waals surface area contributed by atoms with E-state index >= 15 is 0 Å². The zero-order chi connectivity index (χ0) is 12.1. The highest BCUT2D eigenvalue weighted by atomic mass is 16.2. The van der Waals surface area contributed by atoms with E-state index in [2.05, 4.69) is 20.7 Å². The summed E-state index contributed by atoms with van der Waals surface area (Å²) in [6.45, 7) is 0.132. The fraction of sp³-hybridized carbons (Fsp3) is 0.375. The van der Waals surface area contributed by atoms with Gasteiger partial charge in [0.2, 0.25) is 11.9 Å². The van der Waals surface area contributed by atoms with E-state index in [0.717, 1.165) is 0 Å². The van der Waals surface area contributed by atoms with Crippen molar-refractivity contribution in [1.29, 1.82) is 0 Å². The molecule has 88 valence electrons. The van der Waals surface area contributed by atoms with E-state index in [9.17, 15) is 4.79 Å². The van der Waals surface area contributed by atoms with Crippen molar-refractivity contribution in [3.8, 4) is 0 Å². The summed E-state index contributed by atoms with van der Waals surface area (Å²) in [4.78, 5) is 20.5. The molecule has 0 aliphatic heterocycles. The number of hydrazine groups is 1. The lowest BCUT2D eigenvalue weighted by Crippen LogP contribution is -2.29. The number of likely N-dealkylation sites (N-methyl/N-ethyl adjacent to an activating group) is 1. The summed E-state index contributed by atoms with van der Waals surface area (Å²) in [7, 11) is 3.34. The number of aromatic nitrogens is 2. The second-order valence-corrected chi connectivity index (χ2v) is 3.28. The number of nitrogens with two attached hydrogens (primary N) is 2. The lowest BCUT2D eigenvalue weighted by molar-refractivity contribution is -0.126. The number of nitrogens with zero attached hydrogens (tertiary/aromatic N) is 3. The first-order valence-electron chi connectivity index (χ1n) is 4.58. The predicted molar refractivity (Wildman–Crippen MR) is 61.4 cm³/mol. The molecule has 0 saturated heterocycles. The van der Waals surface area contributed by atoms with E-state index in [1.165, 1.54) is 4.90 Å². The maximum Gasteiger partial charge on any atom is 0.241 e. The Morgan fingerprint density at radius 2 is 2.06 bits per heavy atom. The molecule has 0 fully saturated rings. The van der Waals surface area contributed by atoms with Crippen molar-refractivity contribution < 1.29 is 4.79 Å². The van der Waals surface area contributed by atoms with E-state index < -0.39 is 0 Å². The third-order valence-corrected chi connectivity index (χ3v) is 1.81. The van der Waals surface area contributed by atoms with Crippen LogP contribution in [-0.2, 0) is 4.79 Å². The lowest BCUT2D eigenvalue weighted by Gasteiger charge is -2.11. The Hall–Kier alpha value is -2.09. The normalized spacial score (nSPS) is 9.69. The second-order valence-electron chi connectivity index (χ2n) is 3.28. The minimum Gasteiger partial charge on any atom is -0.368 e. The molecule has 0 unspecified atom stereocenters. The van der Waals surface area contributed by atoms with Gasteiger partial charge in [-0.2, -0.15) is 9.97 Å². The fourth-order valence-electron chi connectivity index (χ4n) is 0.955. The molecule has 8 nitrogen and oxygen atoms in total. The van der Waals surface area contributed by atoms with Crippen LogP contribution in [0.3, 0.4) is 0 Å². The van der Waals surface area contributed by atoms with Gasteiger partial charge in [0.25, 0.3) is 0 Å². The summed E-state index contributed by atoms with van der Waals surface area (Å²) in [6, 6.07) is 1.55. The molecule has 8 heteroatoms. The third kappa shape index (κ3) is 3.24. The first kappa shape index (κ1) is 12.0. The van der Waals surface area contributed by atoms with Crippen LogP contribution < -0.4 is 22.3 Å². The zero-order valence-electron chi connectivity index (χ0n) is 9.19. The SMILES string of the molecule is CN(C)C(=O)CNc1cc(NN)nc(N)n1. The fourth-order valence-corrected chi connectivity index (χ4v) is 0.955. The van der Waals surface area contributed by atoms with Gasteiger partial charge in [0, 0.05) is 20.2 Å². The van der Waals surface area contributed by atoms with Crippen molar-refractivity contribution in [2.75, 3.05) is 37.1 Å². The molecule has 0 spiro atoms. The number of amides is 1. The molecule has 0 atom stereocenters. The van der Waals surface area contributed by atoms with Crippen LogP contribution in [0.5, 0.6) is 0 Å². The Morgan fingerprint density at radius 1 is 1.44 bits per heavy atom. The average molecular weight is 225 g/mol. The highest BCUT2D eigenvalue weighted by Gasteiger charge is 2.05. The van der Waals surface area contributed by atoms with Gasteiger partial charge in [-0.05, 0) is 0 Å². The van der Waals surface area contributed by atoms with Crippen molar-refractivity contribution >= 4 is 23.5 Å². The van der Waals surface area contributed by atoms with Crippen molar-refractivity contribution in [3.63, 3.8) is 0 Å². The van der Waals surface area contributed by atoms with E-state index in [-0.39, 0.29) is 18.4 Å². The van der Waals surface area contributed by atoms with E-state index in [4.69, 9.17) is 11.6 Å². The van der Waals surface area contributed by atoms with Crippen LogP contribution in [0.2, 0.25) is 0 Å². The van der Waals surface area contributed by atoms with Crippen LogP contribution in [0.1, 0.15) is 0 Å². The Morgan fingerprint density at radius 3 is 2.62 bits per heavy atom. The topological polar surface area (TPSA) is 122 Å². The first-order valence-corrected chi connectivity index (χ1v) is 4.58. The number of nitrogens with one attached hydrogen (secondary N) is 2. The van der Waals surface area contributed by atoms with Crippen LogP contribution in [-0.4, -0.2) is 41.4 Å². The standard InChI is InChI=1S/C8H15N7O/c1-15(2)7(16)4-11-5-3-6(14-10)13-8(9)12-5/h3H,4,10H2,1-2H3,(H4,9,11,12,13,14). The molecule has 0 bridgehead atoms. The molecular formula is C8H15N7O. The summed E-state index contributed by atoms with van der Waals surface area (Å²) < 4.78 is 0.